The molecule has 2 amide bonds. The Balaban J connectivity index is 2.66. The molecule has 0 aliphatic rings. The highest BCUT2D eigenvalue weighted by molar-refractivity contribution is 7.10. The largest absolute Gasteiger partial charge is 0.479 e. The SMILES string of the molecule is C#CC(C)NC(=O)NC(C(=O)O)c1cccs1. The maximum absolute atomic E-state index is 11.4. The Hall–Kier alpha value is -2.00. The first-order chi connectivity index (χ1) is 8.04. The fourth-order valence-corrected chi connectivity index (χ4v) is 1.89. The van der Waals surface area contributed by atoms with E-state index in [0.29, 0.717) is 4.88 Å². The molecule has 3 N–H and O–H groups in total. The molecule has 0 aliphatic heterocycles. The first-order valence-electron chi connectivity index (χ1n) is 4.84. The van der Waals surface area contributed by atoms with Crippen molar-refractivity contribution < 1.29 is 14.7 Å². The molecule has 90 valence electrons. The molecule has 1 heterocycles. The van der Waals surface area contributed by atoms with E-state index < -0.39 is 24.1 Å². The van der Waals surface area contributed by atoms with Crippen LogP contribution in [0.1, 0.15) is 17.8 Å². The normalized spacial score (nSPS) is 13.2. The Bertz CT molecular complexity index is 436. The molecular formula is C11H12N2O3S. The van der Waals surface area contributed by atoms with Crippen LogP contribution in [-0.4, -0.2) is 23.1 Å². The molecule has 0 saturated carbocycles. The van der Waals surface area contributed by atoms with E-state index in [0.717, 1.165) is 0 Å². The topological polar surface area (TPSA) is 78.4 Å². The molecule has 0 aliphatic carbocycles. The van der Waals surface area contributed by atoms with Crippen LogP contribution in [-0.2, 0) is 4.79 Å². The average Bonchev–Trinajstić information content (AvgIpc) is 2.78. The lowest BCUT2D eigenvalue weighted by atomic mass is 10.2. The van der Waals surface area contributed by atoms with E-state index in [2.05, 4.69) is 16.6 Å². The number of thiophene rings is 1. The summed E-state index contributed by atoms with van der Waals surface area (Å²) in [6, 6.07) is 1.26. The standard InChI is InChI=1S/C11H12N2O3S/c1-3-7(2)12-11(16)13-9(10(14)15)8-5-4-6-17-8/h1,4-7,9H,2H3,(H,14,15)(H2,12,13,16). The van der Waals surface area contributed by atoms with Gasteiger partial charge in [-0.1, -0.05) is 12.0 Å². The summed E-state index contributed by atoms with van der Waals surface area (Å²) in [6.07, 6.45) is 5.10. The molecule has 6 heteroatoms. The molecular weight excluding hydrogens is 240 g/mol. The number of terminal acetylenes is 1. The highest BCUT2D eigenvalue weighted by Crippen LogP contribution is 2.18. The van der Waals surface area contributed by atoms with Gasteiger partial charge in [0, 0.05) is 4.88 Å². The van der Waals surface area contributed by atoms with Crippen LogP contribution in [0.4, 0.5) is 4.79 Å². The quantitative estimate of drug-likeness (QED) is 0.704. The Morgan fingerprint density at radius 1 is 1.53 bits per heavy atom. The minimum atomic E-state index is -1.11. The number of nitrogens with one attached hydrogen (secondary N) is 2. The zero-order valence-corrected chi connectivity index (χ0v) is 9.95. The maximum Gasteiger partial charge on any atom is 0.331 e. The number of carbonyl (C=O) groups excluding carboxylic acids is 1. The van der Waals surface area contributed by atoms with E-state index in [1.54, 1.807) is 24.4 Å². The van der Waals surface area contributed by atoms with E-state index in [-0.39, 0.29) is 0 Å². The molecule has 0 bridgehead atoms. The fraction of sp³-hybridized carbons (Fsp3) is 0.273. The third kappa shape index (κ3) is 3.81. The second-order valence-electron chi connectivity index (χ2n) is 3.29. The summed E-state index contributed by atoms with van der Waals surface area (Å²) in [5, 5.41) is 15.5. The van der Waals surface area contributed by atoms with Gasteiger partial charge in [0.15, 0.2) is 6.04 Å². The summed E-state index contributed by atoms with van der Waals surface area (Å²) in [6.45, 7) is 1.63. The average molecular weight is 252 g/mol. The molecule has 1 rings (SSSR count). The van der Waals surface area contributed by atoms with Crippen molar-refractivity contribution in [2.75, 3.05) is 0 Å². The molecule has 2 atom stereocenters. The van der Waals surface area contributed by atoms with Crippen molar-refractivity contribution in [1.29, 1.82) is 0 Å². The molecule has 1 aromatic heterocycles. The molecule has 17 heavy (non-hydrogen) atoms. The molecule has 0 aromatic carbocycles. The van der Waals surface area contributed by atoms with E-state index in [1.165, 1.54) is 11.3 Å². The first kappa shape index (κ1) is 13.1. The lowest BCUT2D eigenvalue weighted by molar-refractivity contribution is -0.139. The summed E-state index contributed by atoms with van der Waals surface area (Å²) in [5.41, 5.74) is 0. The number of hydrogen-bond acceptors (Lipinski definition) is 3. The number of aliphatic carboxylic acids is 1. The van der Waals surface area contributed by atoms with Gasteiger partial charge in [-0.3, -0.25) is 0 Å². The maximum atomic E-state index is 11.4. The molecule has 0 spiro atoms. The lowest BCUT2D eigenvalue weighted by Gasteiger charge is -2.14. The second-order valence-corrected chi connectivity index (χ2v) is 4.27. The van der Waals surface area contributed by atoms with Gasteiger partial charge in [-0.2, -0.15) is 0 Å². The van der Waals surface area contributed by atoms with Crippen LogP contribution in [0, 0.1) is 12.3 Å². The van der Waals surface area contributed by atoms with Crippen molar-refractivity contribution in [3.05, 3.63) is 22.4 Å². The Labute approximate surface area is 103 Å². The van der Waals surface area contributed by atoms with E-state index in [9.17, 15) is 9.59 Å². The van der Waals surface area contributed by atoms with Crippen LogP contribution < -0.4 is 10.6 Å². The smallest absolute Gasteiger partial charge is 0.331 e. The van der Waals surface area contributed by atoms with Crippen molar-refractivity contribution >= 4 is 23.3 Å². The van der Waals surface area contributed by atoms with Crippen LogP contribution in [0.25, 0.3) is 0 Å². The third-order valence-corrected chi connectivity index (χ3v) is 2.88. The number of amides is 2. The number of urea groups is 1. The van der Waals surface area contributed by atoms with Crippen molar-refractivity contribution in [1.82, 2.24) is 10.6 Å². The Morgan fingerprint density at radius 2 is 2.24 bits per heavy atom. The van der Waals surface area contributed by atoms with Gasteiger partial charge in [0.05, 0.1) is 6.04 Å². The van der Waals surface area contributed by atoms with Gasteiger partial charge in [-0.05, 0) is 18.4 Å². The Kier molecular flexibility index (Phi) is 4.55. The molecule has 1 aromatic rings. The number of carboxylic acids is 1. The fourth-order valence-electron chi connectivity index (χ4n) is 1.12. The summed E-state index contributed by atoms with van der Waals surface area (Å²) in [7, 11) is 0. The molecule has 0 radical (unpaired) electrons. The monoisotopic (exact) mass is 252 g/mol. The number of carbonyl (C=O) groups is 2. The lowest BCUT2D eigenvalue weighted by Crippen LogP contribution is -2.43. The van der Waals surface area contributed by atoms with Crippen LogP contribution in [0.15, 0.2) is 17.5 Å². The third-order valence-electron chi connectivity index (χ3n) is 1.95. The number of rotatable bonds is 4. The van der Waals surface area contributed by atoms with E-state index >= 15 is 0 Å². The second kappa shape index (κ2) is 5.92. The van der Waals surface area contributed by atoms with Crippen molar-refractivity contribution in [2.45, 2.75) is 19.0 Å². The van der Waals surface area contributed by atoms with Crippen LogP contribution in [0.3, 0.4) is 0 Å². The minimum Gasteiger partial charge on any atom is -0.479 e. The van der Waals surface area contributed by atoms with Crippen LogP contribution in [0.2, 0.25) is 0 Å². The van der Waals surface area contributed by atoms with Crippen LogP contribution in [0.5, 0.6) is 0 Å². The van der Waals surface area contributed by atoms with Gasteiger partial charge in [0.25, 0.3) is 0 Å². The van der Waals surface area contributed by atoms with Gasteiger partial charge in [-0.25, -0.2) is 9.59 Å². The molecule has 2 unspecified atom stereocenters. The van der Waals surface area contributed by atoms with Gasteiger partial charge in [-0.15, -0.1) is 17.8 Å². The predicted octanol–water partition coefficient (Wildman–Crippen LogP) is 1.19. The highest BCUT2D eigenvalue weighted by Gasteiger charge is 2.23. The van der Waals surface area contributed by atoms with Crippen molar-refractivity contribution in [3.63, 3.8) is 0 Å². The summed E-state index contributed by atoms with van der Waals surface area (Å²) in [5.74, 6) is 1.20. The van der Waals surface area contributed by atoms with Gasteiger partial charge >= 0.3 is 12.0 Å². The van der Waals surface area contributed by atoms with E-state index in [4.69, 9.17) is 11.5 Å². The first-order valence-corrected chi connectivity index (χ1v) is 5.72. The molecule has 5 nitrogen and oxygen atoms in total. The highest BCUT2D eigenvalue weighted by atomic mass is 32.1. The van der Waals surface area contributed by atoms with Crippen LogP contribution >= 0.6 is 11.3 Å². The summed E-state index contributed by atoms with van der Waals surface area (Å²) < 4.78 is 0. The van der Waals surface area contributed by atoms with Crippen molar-refractivity contribution in [3.8, 4) is 12.3 Å². The van der Waals surface area contributed by atoms with Gasteiger partial charge < -0.3 is 15.7 Å². The Morgan fingerprint density at radius 3 is 2.71 bits per heavy atom. The van der Waals surface area contributed by atoms with Gasteiger partial charge in [0.2, 0.25) is 0 Å². The van der Waals surface area contributed by atoms with E-state index in [1.807, 2.05) is 0 Å². The van der Waals surface area contributed by atoms with Gasteiger partial charge in [0.1, 0.15) is 0 Å². The molecule has 0 saturated heterocycles. The minimum absolute atomic E-state index is 0.451. The van der Waals surface area contributed by atoms with Crippen molar-refractivity contribution in [2.24, 2.45) is 0 Å². The zero-order chi connectivity index (χ0) is 12.8. The molecule has 0 fully saturated rings. The number of carboxylic acid groups (broad SMARTS) is 1. The predicted molar refractivity (Wildman–Crippen MR) is 64.7 cm³/mol. The zero-order valence-electron chi connectivity index (χ0n) is 9.14. The number of hydrogen-bond donors (Lipinski definition) is 3. The summed E-state index contributed by atoms with van der Waals surface area (Å²) in [4.78, 5) is 23.0. The summed E-state index contributed by atoms with van der Waals surface area (Å²) >= 11 is 1.26.